The molecule has 1 N–H and O–H groups in total. The fourth-order valence-corrected chi connectivity index (χ4v) is 4.14. The highest BCUT2D eigenvalue weighted by Crippen LogP contribution is 2.36. The van der Waals surface area contributed by atoms with E-state index in [1.807, 2.05) is 24.3 Å². The monoisotopic (exact) mass is 299 g/mol. The van der Waals surface area contributed by atoms with Crippen molar-refractivity contribution in [2.24, 2.45) is 5.92 Å². The summed E-state index contributed by atoms with van der Waals surface area (Å²) >= 11 is 0. The van der Waals surface area contributed by atoms with E-state index in [1.54, 1.807) is 0 Å². The Morgan fingerprint density at radius 1 is 1.36 bits per heavy atom. The van der Waals surface area contributed by atoms with Gasteiger partial charge in [0.2, 0.25) is 0 Å². The van der Waals surface area contributed by atoms with Crippen molar-refractivity contribution in [2.45, 2.75) is 37.8 Å². The van der Waals surface area contributed by atoms with Crippen LogP contribution in [0.25, 0.3) is 11.0 Å². The lowest BCUT2D eigenvalue weighted by Crippen LogP contribution is -2.40. The van der Waals surface area contributed by atoms with E-state index in [0.717, 1.165) is 24.1 Å². The summed E-state index contributed by atoms with van der Waals surface area (Å²) in [6, 6.07) is 8.36. The number of carbonyl (C=O) groups is 1. The molecule has 1 saturated heterocycles. The molecule has 3 atom stereocenters. The summed E-state index contributed by atoms with van der Waals surface area (Å²) in [7, 11) is 2.20. The smallest absolute Gasteiger partial charge is 0.274 e. The standard InChI is InChI=1S/C17H21N3O2/c1-20-8-4-5-11-9-12(10-14(11)20)18-17(21)16-13-6-2-3-7-15(13)22-19-16/h2-3,6-7,11-12,14H,4-5,8-10H2,1H3,(H,18,21). The van der Waals surface area contributed by atoms with Crippen LogP contribution in [0.3, 0.4) is 0 Å². The Kier molecular flexibility index (Phi) is 3.37. The van der Waals surface area contributed by atoms with E-state index in [1.165, 1.54) is 19.4 Å². The van der Waals surface area contributed by atoms with Crippen LogP contribution < -0.4 is 5.32 Å². The molecule has 2 aromatic rings. The predicted octanol–water partition coefficient (Wildman–Crippen LogP) is 2.43. The molecule has 5 heteroatoms. The number of hydrogen-bond donors (Lipinski definition) is 1. The van der Waals surface area contributed by atoms with Crippen molar-refractivity contribution >= 4 is 16.9 Å². The normalized spacial score (nSPS) is 28.7. The average Bonchev–Trinajstić information content (AvgIpc) is 3.11. The minimum atomic E-state index is -0.115. The molecule has 2 heterocycles. The number of benzene rings is 1. The van der Waals surface area contributed by atoms with Gasteiger partial charge >= 0.3 is 0 Å². The Morgan fingerprint density at radius 3 is 3.09 bits per heavy atom. The third-order valence-corrected chi connectivity index (χ3v) is 5.24. The van der Waals surface area contributed by atoms with Gasteiger partial charge in [-0.3, -0.25) is 4.79 Å². The van der Waals surface area contributed by atoms with Gasteiger partial charge in [0.15, 0.2) is 11.3 Å². The molecule has 2 aliphatic rings. The number of para-hydroxylation sites is 1. The highest BCUT2D eigenvalue weighted by atomic mass is 16.5. The van der Waals surface area contributed by atoms with Gasteiger partial charge in [0.05, 0.1) is 5.39 Å². The van der Waals surface area contributed by atoms with E-state index in [4.69, 9.17) is 4.52 Å². The van der Waals surface area contributed by atoms with Gasteiger partial charge < -0.3 is 14.7 Å². The predicted molar refractivity (Wildman–Crippen MR) is 83.6 cm³/mol. The third-order valence-electron chi connectivity index (χ3n) is 5.24. The van der Waals surface area contributed by atoms with Crippen LogP contribution >= 0.6 is 0 Å². The van der Waals surface area contributed by atoms with Gasteiger partial charge in [0.1, 0.15) is 0 Å². The first-order valence-electron chi connectivity index (χ1n) is 8.08. The van der Waals surface area contributed by atoms with Crippen LogP contribution in [0.2, 0.25) is 0 Å². The molecule has 0 bridgehead atoms. The highest BCUT2D eigenvalue weighted by Gasteiger charge is 2.39. The molecule has 0 radical (unpaired) electrons. The number of hydrogen-bond acceptors (Lipinski definition) is 4. The molecular formula is C17H21N3O2. The maximum absolute atomic E-state index is 12.5. The fraction of sp³-hybridized carbons (Fsp3) is 0.529. The van der Waals surface area contributed by atoms with Gasteiger partial charge in [-0.1, -0.05) is 17.3 Å². The van der Waals surface area contributed by atoms with Gasteiger partial charge in [-0.25, -0.2) is 0 Å². The second-order valence-electron chi connectivity index (χ2n) is 6.62. The number of likely N-dealkylation sites (tertiary alicyclic amines) is 1. The molecule has 1 aromatic carbocycles. The van der Waals surface area contributed by atoms with Crippen LogP contribution in [0, 0.1) is 5.92 Å². The Balaban J connectivity index is 1.49. The van der Waals surface area contributed by atoms with E-state index in [9.17, 15) is 4.79 Å². The van der Waals surface area contributed by atoms with Crippen molar-refractivity contribution in [3.63, 3.8) is 0 Å². The number of piperidine rings is 1. The van der Waals surface area contributed by atoms with Crippen molar-refractivity contribution in [1.29, 1.82) is 0 Å². The number of nitrogens with zero attached hydrogens (tertiary/aromatic N) is 2. The molecule has 1 saturated carbocycles. The molecule has 1 aliphatic carbocycles. The number of aromatic nitrogens is 1. The van der Waals surface area contributed by atoms with Crippen molar-refractivity contribution in [1.82, 2.24) is 15.4 Å². The topological polar surface area (TPSA) is 58.4 Å². The molecule has 116 valence electrons. The van der Waals surface area contributed by atoms with Gasteiger partial charge in [0.25, 0.3) is 5.91 Å². The summed E-state index contributed by atoms with van der Waals surface area (Å²) in [6.45, 7) is 1.18. The highest BCUT2D eigenvalue weighted by molar-refractivity contribution is 6.04. The van der Waals surface area contributed by atoms with Crippen LogP contribution in [-0.2, 0) is 0 Å². The molecule has 1 aliphatic heterocycles. The van der Waals surface area contributed by atoms with Crippen molar-refractivity contribution in [3.8, 4) is 0 Å². The number of amides is 1. The zero-order valence-electron chi connectivity index (χ0n) is 12.8. The lowest BCUT2D eigenvalue weighted by Gasteiger charge is -2.34. The minimum Gasteiger partial charge on any atom is -0.355 e. The molecule has 1 aromatic heterocycles. The zero-order chi connectivity index (χ0) is 15.1. The SMILES string of the molecule is CN1CCCC2CC(NC(=O)c3noc4ccccc34)CC21. The minimum absolute atomic E-state index is 0.115. The molecule has 1 amide bonds. The van der Waals surface area contributed by atoms with E-state index >= 15 is 0 Å². The van der Waals surface area contributed by atoms with Crippen molar-refractivity contribution < 1.29 is 9.32 Å². The van der Waals surface area contributed by atoms with Crippen LogP contribution in [0.4, 0.5) is 0 Å². The van der Waals surface area contributed by atoms with Crippen LogP contribution in [0.5, 0.6) is 0 Å². The summed E-state index contributed by atoms with van der Waals surface area (Å²) in [6.07, 6.45) is 4.68. The molecular weight excluding hydrogens is 278 g/mol. The summed E-state index contributed by atoms with van der Waals surface area (Å²) < 4.78 is 5.23. The summed E-state index contributed by atoms with van der Waals surface area (Å²) in [4.78, 5) is 15.0. The lowest BCUT2D eigenvalue weighted by atomic mass is 9.92. The summed E-state index contributed by atoms with van der Waals surface area (Å²) in [5.41, 5.74) is 1.06. The molecule has 2 fully saturated rings. The zero-order valence-corrected chi connectivity index (χ0v) is 12.8. The summed E-state index contributed by atoms with van der Waals surface area (Å²) in [5.74, 6) is 0.606. The Morgan fingerprint density at radius 2 is 2.23 bits per heavy atom. The first-order chi connectivity index (χ1) is 10.7. The van der Waals surface area contributed by atoms with Crippen LogP contribution in [0.1, 0.15) is 36.2 Å². The molecule has 5 nitrogen and oxygen atoms in total. The molecule has 0 spiro atoms. The van der Waals surface area contributed by atoms with Crippen LogP contribution in [0.15, 0.2) is 28.8 Å². The van der Waals surface area contributed by atoms with E-state index in [0.29, 0.717) is 17.3 Å². The first-order valence-corrected chi connectivity index (χ1v) is 8.08. The average molecular weight is 299 g/mol. The third kappa shape index (κ3) is 2.29. The maximum atomic E-state index is 12.5. The first kappa shape index (κ1) is 13.8. The van der Waals surface area contributed by atoms with Crippen molar-refractivity contribution in [3.05, 3.63) is 30.0 Å². The quantitative estimate of drug-likeness (QED) is 0.925. The number of carbonyl (C=O) groups excluding carboxylic acids is 1. The Hall–Kier alpha value is -1.88. The Labute approximate surface area is 129 Å². The maximum Gasteiger partial charge on any atom is 0.274 e. The summed E-state index contributed by atoms with van der Waals surface area (Å²) in [5, 5.41) is 7.89. The van der Waals surface area contributed by atoms with Gasteiger partial charge in [-0.2, -0.15) is 0 Å². The lowest BCUT2D eigenvalue weighted by molar-refractivity contribution is 0.0928. The second kappa shape index (κ2) is 5.39. The number of nitrogens with one attached hydrogen (secondary N) is 1. The molecule has 4 rings (SSSR count). The van der Waals surface area contributed by atoms with E-state index in [-0.39, 0.29) is 11.9 Å². The van der Waals surface area contributed by atoms with Crippen molar-refractivity contribution in [2.75, 3.05) is 13.6 Å². The van der Waals surface area contributed by atoms with E-state index < -0.39 is 0 Å². The number of fused-ring (bicyclic) bond motifs is 2. The van der Waals surface area contributed by atoms with Gasteiger partial charge in [-0.15, -0.1) is 0 Å². The largest absolute Gasteiger partial charge is 0.355 e. The Bertz CT molecular complexity index is 696. The van der Waals surface area contributed by atoms with Gasteiger partial charge in [0, 0.05) is 12.1 Å². The fourth-order valence-electron chi connectivity index (χ4n) is 4.14. The van der Waals surface area contributed by atoms with E-state index in [2.05, 4.69) is 22.4 Å². The molecule has 22 heavy (non-hydrogen) atoms. The second-order valence-corrected chi connectivity index (χ2v) is 6.62. The number of rotatable bonds is 2. The van der Waals surface area contributed by atoms with Gasteiger partial charge in [-0.05, 0) is 57.3 Å². The van der Waals surface area contributed by atoms with Crippen LogP contribution in [-0.4, -0.2) is 41.6 Å². The molecule has 3 unspecified atom stereocenters.